The molecular weight excluding hydrogens is 303 g/mol. The van der Waals surface area contributed by atoms with E-state index in [-0.39, 0.29) is 18.0 Å². The highest BCUT2D eigenvalue weighted by Gasteiger charge is 2.54. The molecule has 1 aromatic rings. The van der Waals surface area contributed by atoms with Gasteiger partial charge in [-0.25, -0.2) is 0 Å². The van der Waals surface area contributed by atoms with E-state index in [2.05, 4.69) is 0 Å². The molecule has 0 aliphatic carbocycles. The lowest BCUT2D eigenvalue weighted by Crippen LogP contribution is -2.41. The van der Waals surface area contributed by atoms with Gasteiger partial charge in [-0.15, -0.1) is 0 Å². The fourth-order valence-corrected chi connectivity index (χ4v) is 2.55. The van der Waals surface area contributed by atoms with Crippen LogP contribution < -0.4 is 15.2 Å². The first-order chi connectivity index (χ1) is 10.6. The molecule has 1 saturated heterocycles. The predicted octanol–water partition coefficient (Wildman–Crippen LogP) is 1.95. The minimum atomic E-state index is -0.828. The number of benzene rings is 1. The Morgan fingerprint density at radius 1 is 1.17 bits per heavy atom. The Morgan fingerprint density at radius 2 is 1.70 bits per heavy atom. The Hall–Kier alpha value is -1.84. The molecule has 2 N–H and O–H groups in total. The highest BCUT2D eigenvalue weighted by molar-refractivity contribution is 6.47. The van der Waals surface area contributed by atoms with Crippen LogP contribution in [0, 0.1) is 10.1 Å². The molecule has 2 aliphatic heterocycles. The smallest absolute Gasteiger partial charge is 0.454 e. The van der Waals surface area contributed by atoms with Crippen molar-refractivity contribution < 1.29 is 23.7 Å². The highest BCUT2D eigenvalue weighted by atomic mass is 16.7. The lowest BCUT2D eigenvalue weighted by Gasteiger charge is -2.32. The van der Waals surface area contributed by atoms with Crippen LogP contribution in [0.2, 0.25) is 0 Å². The number of fused-ring (bicyclic) bond motifs is 1. The summed E-state index contributed by atoms with van der Waals surface area (Å²) in [6.45, 7) is 7.62. The van der Waals surface area contributed by atoms with Crippen molar-refractivity contribution in [3.8, 4) is 11.5 Å². The second-order valence-electron chi connectivity index (χ2n) is 6.67. The monoisotopic (exact) mass is 322 g/mol. The van der Waals surface area contributed by atoms with E-state index in [9.17, 15) is 10.1 Å². The summed E-state index contributed by atoms with van der Waals surface area (Å²) in [4.78, 5) is 10.9. The molecule has 0 radical (unpaired) electrons. The van der Waals surface area contributed by atoms with Crippen LogP contribution in [0.5, 0.6) is 11.5 Å². The van der Waals surface area contributed by atoms with Gasteiger partial charge in [0.05, 0.1) is 28.1 Å². The number of ether oxygens (including phenoxy) is 2. The van der Waals surface area contributed by atoms with E-state index in [1.165, 1.54) is 12.1 Å². The van der Waals surface area contributed by atoms with Crippen molar-refractivity contribution in [2.24, 2.45) is 5.73 Å². The summed E-state index contributed by atoms with van der Waals surface area (Å²) in [5, 5.41) is 11.4. The van der Waals surface area contributed by atoms with Crippen LogP contribution in [-0.2, 0) is 9.31 Å². The van der Waals surface area contributed by atoms with Crippen molar-refractivity contribution in [1.82, 2.24) is 0 Å². The largest absolute Gasteiger partial charge is 0.480 e. The number of hydrogen-bond acceptors (Lipinski definition) is 7. The molecule has 3 rings (SSSR count). The lowest BCUT2D eigenvalue weighted by molar-refractivity contribution is -0.385. The zero-order valence-corrected chi connectivity index (χ0v) is 13.5. The SMILES string of the molecule is CC1(C)OB([C@H](N)c2cc3c(cc2[N+](=O)[O-])OCO3)OC1(C)C. The molecule has 2 heterocycles. The van der Waals surface area contributed by atoms with Crippen molar-refractivity contribution in [2.75, 3.05) is 6.79 Å². The van der Waals surface area contributed by atoms with Crippen LogP contribution in [0.4, 0.5) is 5.69 Å². The maximum Gasteiger partial charge on any atom is 0.480 e. The zero-order chi connectivity index (χ0) is 17.0. The lowest BCUT2D eigenvalue weighted by atomic mass is 9.74. The molecule has 23 heavy (non-hydrogen) atoms. The van der Waals surface area contributed by atoms with Gasteiger partial charge in [0, 0.05) is 5.56 Å². The van der Waals surface area contributed by atoms with Crippen molar-refractivity contribution >= 4 is 12.8 Å². The van der Waals surface area contributed by atoms with Gasteiger partial charge in [0.15, 0.2) is 11.5 Å². The van der Waals surface area contributed by atoms with Gasteiger partial charge in [0.1, 0.15) is 0 Å². The third-order valence-corrected chi connectivity index (χ3v) is 4.64. The second-order valence-corrected chi connectivity index (χ2v) is 6.67. The first kappa shape index (κ1) is 16.0. The van der Waals surface area contributed by atoms with Gasteiger partial charge in [0.2, 0.25) is 6.79 Å². The molecule has 0 amide bonds. The van der Waals surface area contributed by atoms with Crippen molar-refractivity contribution in [3.05, 3.63) is 27.8 Å². The molecule has 0 saturated carbocycles. The Labute approximate surface area is 134 Å². The van der Waals surface area contributed by atoms with E-state index in [0.29, 0.717) is 11.5 Å². The predicted molar refractivity (Wildman–Crippen MR) is 82.2 cm³/mol. The average molecular weight is 322 g/mol. The van der Waals surface area contributed by atoms with Crippen LogP contribution in [-0.4, -0.2) is 30.0 Å². The van der Waals surface area contributed by atoms with E-state index in [1.54, 1.807) is 0 Å². The Balaban J connectivity index is 1.97. The molecule has 2 aliphatic rings. The summed E-state index contributed by atoms with van der Waals surface area (Å²) in [7, 11) is -0.793. The van der Waals surface area contributed by atoms with Crippen LogP contribution in [0.25, 0.3) is 0 Å². The molecule has 1 aromatic carbocycles. The molecule has 0 bridgehead atoms. The topological polar surface area (TPSA) is 106 Å². The molecular formula is C14H19BN2O6. The number of rotatable bonds is 3. The van der Waals surface area contributed by atoms with Gasteiger partial charge >= 0.3 is 7.12 Å². The molecule has 9 heteroatoms. The molecule has 0 unspecified atom stereocenters. The summed E-state index contributed by atoms with van der Waals surface area (Å²) >= 11 is 0. The standard InChI is InChI=1S/C14H19BN2O6/c1-13(2)14(3,4)23-15(22-13)12(16)8-5-10-11(21-7-20-10)6-9(8)17(18)19/h5-6,12H,7,16H2,1-4H3/t12-/m1/s1. The van der Waals surface area contributed by atoms with Crippen molar-refractivity contribution in [2.45, 2.75) is 44.8 Å². The summed E-state index contributed by atoms with van der Waals surface area (Å²) in [5.74, 6) is -0.0647. The first-order valence-corrected chi connectivity index (χ1v) is 7.31. The number of hydrogen-bond donors (Lipinski definition) is 1. The minimum Gasteiger partial charge on any atom is -0.454 e. The number of nitrogens with two attached hydrogens (primary N) is 1. The third-order valence-electron chi connectivity index (χ3n) is 4.64. The first-order valence-electron chi connectivity index (χ1n) is 7.31. The quantitative estimate of drug-likeness (QED) is 0.515. The maximum absolute atomic E-state index is 11.4. The fraction of sp³-hybridized carbons (Fsp3) is 0.571. The Bertz CT molecular complexity index is 647. The van der Waals surface area contributed by atoms with E-state index in [1.807, 2.05) is 27.7 Å². The summed E-state index contributed by atoms with van der Waals surface area (Å²) in [5.41, 5.74) is 5.23. The van der Waals surface area contributed by atoms with E-state index in [4.69, 9.17) is 24.5 Å². The maximum atomic E-state index is 11.4. The molecule has 8 nitrogen and oxygen atoms in total. The van der Waals surface area contributed by atoms with E-state index >= 15 is 0 Å². The second kappa shape index (κ2) is 5.08. The van der Waals surface area contributed by atoms with Crippen LogP contribution >= 0.6 is 0 Å². The molecule has 1 fully saturated rings. The van der Waals surface area contributed by atoms with Crippen molar-refractivity contribution in [1.29, 1.82) is 0 Å². The van der Waals surface area contributed by atoms with Crippen LogP contribution in [0.3, 0.4) is 0 Å². The van der Waals surface area contributed by atoms with Crippen LogP contribution in [0.15, 0.2) is 12.1 Å². The summed E-state index contributed by atoms with van der Waals surface area (Å²) < 4.78 is 22.3. The van der Waals surface area contributed by atoms with Gasteiger partial charge in [-0.1, -0.05) is 0 Å². The average Bonchev–Trinajstić information content (AvgIpc) is 2.98. The van der Waals surface area contributed by atoms with E-state index < -0.39 is 29.2 Å². The zero-order valence-electron chi connectivity index (χ0n) is 13.5. The fourth-order valence-electron chi connectivity index (χ4n) is 2.55. The summed E-state index contributed by atoms with van der Waals surface area (Å²) in [6.07, 6.45) is 0. The molecule has 1 atom stereocenters. The molecule has 0 aromatic heterocycles. The molecule has 0 spiro atoms. The number of nitrogens with zero attached hydrogens (tertiary/aromatic N) is 1. The van der Waals surface area contributed by atoms with E-state index in [0.717, 1.165) is 0 Å². The Morgan fingerprint density at radius 3 is 2.22 bits per heavy atom. The third kappa shape index (κ3) is 2.54. The Kier molecular flexibility index (Phi) is 3.55. The van der Waals surface area contributed by atoms with Gasteiger partial charge < -0.3 is 24.5 Å². The highest BCUT2D eigenvalue weighted by Crippen LogP contribution is 2.44. The molecule has 124 valence electrons. The van der Waals surface area contributed by atoms with Gasteiger partial charge in [-0.05, 0) is 33.8 Å². The van der Waals surface area contributed by atoms with Crippen LogP contribution in [0.1, 0.15) is 39.2 Å². The summed E-state index contributed by atoms with van der Waals surface area (Å²) in [6, 6.07) is 2.85. The number of nitro groups is 1. The number of nitro benzene ring substituents is 1. The van der Waals surface area contributed by atoms with Gasteiger partial charge in [-0.2, -0.15) is 0 Å². The minimum absolute atomic E-state index is 0.0294. The van der Waals surface area contributed by atoms with Crippen molar-refractivity contribution in [3.63, 3.8) is 0 Å². The van der Waals surface area contributed by atoms with Gasteiger partial charge in [0.25, 0.3) is 5.69 Å². The normalized spacial score (nSPS) is 22.2. The van der Waals surface area contributed by atoms with Gasteiger partial charge in [-0.3, -0.25) is 10.1 Å².